The van der Waals surface area contributed by atoms with Gasteiger partial charge in [0.15, 0.2) is 5.65 Å². The molecule has 2 aromatic rings. The van der Waals surface area contributed by atoms with Gasteiger partial charge in [0, 0.05) is 38.3 Å². The van der Waals surface area contributed by atoms with E-state index in [1.807, 2.05) is 20.9 Å². The first-order chi connectivity index (χ1) is 13.6. The van der Waals surface area contributed by atoms with Gasteiger partial charge in [-0.05, 0) is 44.2 Å². The Morgan fingerprint density at radius 2 is 2.07 bits per heavy atom. The summed E-state index contributed by atoms with van der Waals surface area (Å²) in [6.07, 6.45) is 3.60. The summed E-state index contributed by atoms with van der Waals surface area (Å²) in [5, 5.41) is 8.20. The number of nitrogens with one attached hydrogen (secondary N) is 1. The van der Waals surface area contributed by atoms with Crippen molar-refractivity contribution in [2.24, 2.45) is 7.05 Å². The minimum absolute atomic E-state index is 0.0811. The number of aromatic nitrogens is 3. The van der Waals surface area contributed by atoms with Crippen LogP contribution in [0.4, 0.5) is 0 Å². The first-order valence-corrected chi connectivity index (χ1v) is 11.6. The van der Waals surface area contributed by atoms with Crippen LogP contribution < -0.4 is 10.1 Å². The molecule has 1 fully saturated rings. The van der Waals surface area contributed by atoms with Gasteiger partial charge in [-0.25, -0.2) is 22.4 Å². The van der Waals surface area contributed by atoms with Gasteiger partial charge in [-0.3, -0.25) is 4.79 Å². The average Bonchev–Trinajstić information content (AvgIpc) is 2.97. The molecule has 1 N–H and O–H groups in total. The third kappa shape index (κ3) is 4.53. The summed E-state index contributed by atoms with van der Waals surface area (Å²) < 4.78 is 32.0. The molecule has 29 heavy (non-hydrogen) atoms. The monoisotopic (exact) mass is 423 g/mol. The third-order valence-corrected chi connectivity index (χ3v) is 6.81. The van der Waals surface area contributed by atoms with E-state index in [2.05, 4.69) is 15.4 Å². The van der Waals surface area contributed by atoms with Gasteiger partial charge in [0.1, 0.15) is 0 Å². The fourth-order valence-corrected chi connectivity index (χ4v) is 4.92. The number of amides is 1. The van der Waals surface area contributed by atoms with Crippen molar-refractivity contribution < 1.29 is 17.9 Å². The summed E-state index contributed by atoms with van der Waals surface area (Å²) in [5.41, 5.74) is 3.66. The highest BCUT2D eigenvalue weighted by Crippen LogP contribution is 2.30. The number of carbonyl (C=O) groups excluding carboxylic acids is 1. The highest BCUT2D eigenvalue weighted by molar-refractivity contribution is 7.88. The number of hydrogen-bond donors (Lipinski definition) is 1. The summed E-state index contributed by atoms with van der Waals surface area (Å²) in [4.78, 5) is 17.2. The van der Waals surface area contributed by atoms with E-state index in [0.29, 0.717) is 31.8 Å². The van der Waals surface area contributed by atoms with E-state index in [1.54, 1.807) is 11.8 Å². The number of sulfonamides is 1. The maximum absolute atomic E-state index is 12.5. The molecule has 1 amide bonds. The fourth-order valence-electron chi connectivity index (χ4n) is 4.01. The van der Waals surface area contributed by atoms with Crippen molar-refractivity contribution in [2.75, 3.05) is 26.5 Å². The molecule has 0 aliphatic carbocycles. The van der Waals surface area contributed by atoms with Gasteiger partial charge in [-0.2, -0.15) is 0 Å². The van der Waals surface area contributed by atoms with Crippen molar-refractivity contribution in [1.82, 2.24) is 24.4 Å². The van der Waals surface area contributed by atoms with Gasteiger partial charge in [-0.1, -0.05) is 0 Å². The second-order valence-electron chi connectivity index (χ2n) is 7.66. The van der Waals surface area contributed by atoms with Crippen LogP contribution in [0.5, 0.6) is 5.88 Å². The molecule has 2 aromatic heterocycles. The van der Waals surface area contributed by atoms with Crippen LogP contribution in [-0.4, -0.2) is 65.9 Å². The molecule has 9 nitrogen and oxygen atoms in total. The highest BCUT2D eigenvalue weighted by Gasteiger charge is 2.27. The summed E-state index contributed by atoms with van der Waals surface area (Å²) in [5.74, 6) is 0.448. The van der Waals surface area contributed by atoms with E-state index in [4.69, 9.17) is 4.74 Å². The average molecular weight is 424 g/mol. The number of aryl methyl sites for hydroxylation is 3. The van der Waals surface area contributed by atoms with Crippen LogP contribution in [0.25, 0.3) is 11.0 Å². The predicted molar refractivity (Wildman–Crippen MR) is 110 cm³/mol. The third-order valence-electron chi connectivity index (χ3n) is 5.54. The van der Waals surface area contributed by atoms with Gasteiger partial charge in [0.05, 0.1) is 18.8 Å². The molecule has 0 radical (unpaired) electrons. The highest BCUT2D eigenvalue weighted by atomic mass is 32.2. The minimum atomic E-state index is -3.23. The molecule has 10 heteroatoms. The van der Waals surface area contributed by atoms with Crippen molar-refractivity contribution in [1.29, 1.82) is 0 Å². The Balaban J connectivity index is 1.70. The van der Waals surface area contributed by atoms with Crippen LogP contribution in [0, 0.1) is 13.8 Å². The zero-order valence-electron chi connectivity index (χ0n) is 17.7. The summed E-state index contributed by atoms with van der Waals surface area (Å²) in [7, 11) is 0.176. The van der Waals surface area contributed by atoms with E-state index in [0.717, 1.165) is 40.7 Å². The molecule has 3 heterocycles. The molecule has 0 saturated carbocycles. The van der Waals surface area contributed by atoms with Crippen molar-refractivity contribution in [3.8, 4) is 5.88 Å². The fraction of sp³-hybridized carbons (Fsp3) is 0.632. The number of rotatable bonds is 6. The van der Waals surface area contributed by atoms with E-state index < -0.39 is 10.0 Å². The minimum Gasteiger partial charge on any atom is -0.479 e. The van der Waals surface area contributed by atoms with Crippen LogP contribution in [0.2, 0.25) is 0 Å². The molecule has 0 spiro atoms. The first kappa shape index (κ1) is 21.5. The molecule has 3 rings (SSSR count). The van der Waals surface area contributed by atoms with Crippen molar-refractivity contribution >= 4 is 27.0 Å². The number of pyridine rings is 1. The Morgan fingerprint density at radius 3 is 2.72 bits per heavy atom. The first-order valence-electron chi connectivity index (χ1n) is 9.73. The molecular formula is C19H29N5O4S. The lowest BCUT2D eigenvalue weighted by atomic mass is 9.99. The SMILES string of the molecule is COc1nn(C)c2nc(C)c(CCC(=O)NC3CCCN(S(C)(=O)=O)C3)c(C)c12. The Morgan fingerprint density at radius 1 is 1.34 bits per heavy atom. The predicted octanol–water partition coefficient (Wildman–Crippen LogP) is 1.07. The molecular weight excluding hydrogens is 394 g/mol. The number of fused-ring (bicyclic) bond motifs is 1. The summed E-state index contributed by atoms with van der Waals surface area (Å²) in [6, 6.07) is -0.146. The molecule has 1 aliphatic rings. The second kappa shape index (κ2) is 8.27. The molecule has 1 unspecified atom stereocenters. The number of methoxy groups -OCH3 is 1. The lowest BCUT2D eigenvalue weighted by Crippen LogP contribution is -2.49. The molecule has 0 bridgehead atoms. The van der Waals surface area contributed by atoms with Crippen molar-refractivity contribution in [3.63, 3.8) is 0 Å². The Bertz CT molecular complexity index is 1030. The Kier molecular flexibility index (Phi) is 6.13. The number of carbonyl (C=O) groups is 1. The van der Waals surface area contributed by atoms with Gasteiger partial charge in [0.2, 0.25) is 21.8 Å². The van der Waals surface area contributed by atoms with Crippen LogP contribution in [-0.2, 0) is 28.3 Å². The quantitative estimate of drug-likeness (QED) is 0.745. The van der Waals surface area contributed by atoms with E-state index in [-0.39, 0.29) is 11.9 Å². The standard InChI is InChI=1S/C19H29N5O4S/c1-12-15(13(2)20-18-17(12)19(28-4)22-23(18)3)8-9-16(25)21-14-7-6-10-24(11-14)29(5,26)27/h14H,6-11H2,1-5H3,(H,21,25). The van der Waals surface area contributed by atoms with E-state index >= 15 is 0 Å². The molecule has 0 aromatic carbocycles. The maximum Gasteiger partial charge on any atom is 0.242 e. The number of nitrogens with zero attached hydrogens (tertiary/aromatic N) is 4. The molecule has 1 saturated heterocycles. The van der Waals surface area contributed by atoms with Gasteiger partial charge < -0.3 is 10.1 Å². The molecule has 160 valence electrons. The largest absolute Gasteiger partial charge is 0.479 e. The van der Waals surface area contributed by atoms with E-state index in [1.165, 1.54) is 10.6 Å². The van der Waals surface area contributed by atoms with Crippen LogP contribution >= 0.6 is 0 Å². The van der Waals surface area contributed by atoms with Crippen LogP contribution in [0.1, 0.15) is 36.1 Å². The summed E-state index contributed by atoms with van der Waals surface area (Å²) in [6.45, 7) is 4.79. The Labute approximate surface area is 171 Å². The number of hydrogen-bond acceptors (Lipinski definition) is 6. The van der Waals surface area contributed by atoms with Crippen LogP contribution in [0.15, 0.2) is 0 Å². The van der Waals surface area contributed by atoms with Crippen molar-refractivity contribution in [2.45, 2.75) is 45.6 Å². The molecule has 1 aliphatic heterocycles. The van der Waals surface area contributed by atoms with Gasteiger partial charge >= 0.3 is 0 Å². The maximum atomic E-state index is 12.5. The number of ether oxygens (including phenoxy) is 1. The van der Waals surface area contributed by atoms with Gasteiger partial charge in [-0.15, -0.1) is 5.10 Å². The lowest BCUT2D eigenvalue weighted by Gasteiger charge is -2.31. The topological polar surface area (TPSA) is 106 Å². The normalized spacial score (nSPS) is 18.2. The number of piperidine rings is 1. The summed E-state index contributed by atoms with van der Waals surface area (Å²) >= 11 is 0. The van der Waals surface area contributed by atoms with Gasteiger partial charge in [0.25, 0.3) is 0 Å². The second-order valence-corrected chi connectivity index (χ2v) is 9.64. The van der Waals surface area contributed by atoms with E-state index in [9.17, 15) is 13.2 Å². The zero-order valence-corrected chi connectivity index (χ0v) is 18.5. The zero-order chi connectivity index (χ0) is 21.3. The van der Waals surface area contributed by atoms with Crippen LogP contribution in [0.3, 0.4) is 0 Å². The lowest BCUT2D eigenvalue weighted by molar-refractivity contribution is -0.122. The smallest absolute Gasteiger partial charge is 0.242 e. The van der Waals surface area contributed by atoms with Crippen molar-refractivity contribution in [3.05, 3.63) is 16.8 Å². The Hall–Kier alpha value is -2.20. The molecule has 1 atom stereocenters.